The number of benzene rings is 1. The molecule has 1 aromatic carbocycles. The minimum atomic E-state index is -1.76. The van der Waals surface area contributed by atoms with Crippen LogP contribution in [0.25, 0.3) is 10.4 Å². The Morgan fingerprint density at radius 1 is 0.976 bits per heavy atom. The number of rotatable bonds is 11. The van der Waals surface area contributed by atoms with Crippen molar-refractivity contribution >= 4 is 36.2 Å². The van der Waals surface area contributed by atoms with Crippen LogP contribution in [0.1, 0.15) is 40.0 Å². The second-order valence-corrected chi connectivity index (χ2v) is 19.4. The van der Waals surface area contributed by atoms with E-state index in [4.69, 9.17) is 4.43 Å². The monoisotopic (exact) mass is 599 g/mol. The number of hydrogen-bond acceptors (Lipinski definition) is 7. The molecule has 2 fully saturated rings. The number of likely N-dealkylation sites (N-methyl/N-ethyl adjacent to an activating group) is 1. The van der Waals surface area contributed by atoms with Crippen LogP contribution in [-0.4, -0.2) is 108 Å². The second kappa shape index (κ2) is 14.1. The highest BCUT2D eigenvalue weighted by atomic mass is 32.1. The molecule has 0 saturated carbocycles. The van der Waals surface area contributed by atoms with Gasteiger partial charge in [0.25, 0.3) is 0 Å². The largest absolute Gasteiger partial charge is 0.417 e. The second-order valence-electron chi connectivity index (χ2n) is 13.5. The molecule has 1 amide bonds. The normalized spacial score (nSPS) is 18.3. The van der Waals surface area contributed by atoms with Crippen molar-refractivity contribution in [1.82, 2.24) is 14.7 Å². The molecule has 0 unspecified atom stereocenters. The summed E-state index contributed by atoms with van der Waals surface area (Å²) >= 11 is 1.65. The molecule has 2 aromatic rings. The summed E-state index contributed by atoms with van der Waals surface area (Å²) in [5.74, 6) is 0.0769. The lowest BCUT2D eigenvalue weighted by Gasteiger charge is -2.38. The molecule has 0 aliphatic carbocycles. The van der Waals surface area contributed by atoms with Crippen LogP contribution in [0, 0.1) is 0 Å². The van der Waals surface area contributed by atoms with E-state index in [1.54, 1.807) is 11.3 Å². The highest BCUT2D eigenvalue weighted by Crippen LogP contribution is 2.36. The summed E-state index contributed by atoms with van der Waals surface area (Å²) in [6, 6.07) is 13.5. The predicted molar refractivity (Wildman–Crippen MR) is 178 cm³/mol. The number of nitrogens with zero attached hydrogens (tertiary/aromatic N) is 4. The summed E-state index contributed by atoms with van der Waals surface area (Å²) in [7, 11) is 2.62. The lowest BCUT2D eigenvalue weighted by molar-refractivity contribution is -0.118. The summed E-state index contributed by atoms with van der Waals surface area (Å²) in [6.45, 7) is 20.1. The van der Waals surface area contributed by atoms with Crippen molar-refractivity contribution in [2.24, 2.45) is 0 Å². The zero-order valence-corrected chi connectivity index (χ0v) is 28.4. The summed E-state index contributed by atoms with van der Waals surface area (Å²) in [4.78, 5) is 24.1. The first kappa shape index (κ1) is 32.2. The van der Waals surface area contributed by atoms with Crippen LogP contribution in [-0.2, 0) is 9.22 Å². The average molecular weight is 600 g/mol. The summed E-state index contributed by atoms with van der Waals surface area (Å²) in [5, 5.41) is 4.33. The van der Waals surface area contributed by atoms with Crippen molar-refractivity contribution in [3.63, 3.8) is 0 Å². The van der Waals surface area contributed by atoms with Crippen LogP contribution in [0.5, 0.6) is 0 Å². The molecule has 9 heteroatoms. The molecule has 2 aliphatic heterocycles. The number of carbonyl (C=O) groups is 1. The Morgan fingerprint density at radius 3 is 2.24 bits per heavy atom. The van der Waals surface area contributed by atoms with Gasteiger partial charge in [-0.1, -0.05) is 32.9 Å². The van der Waals surface area contributed by atoms with Gasteiger partial charge in [0.1, 0.15) is 0 Å². The Balaban J connectivity index is 1.31. The first-order valence-corrected chi connectivity index (χ1v) is 19.1. The third-order valence-electron chi connectivity index (χ3n) is 9.30. The van der Waals surface area contributed by atoms with Crippen molar-refractivity contribution in [2.75, 3.05) is 83.3 Å². The first-order valence-electron chi connectivity index (χ1n) is 15.4. The van der Waals surface area contributed by atoms with E-state index in [2.05, 4.69) is 103 Å². The number of carbonyl (C=O) groups excluding carboxylic acids is 1. The quantitative estimate of drug-likeness (QED) is 0.256. The molecule has 7 nitrogen and oxygen atoms in total. The Hall–Kier alpha value is -1.75. The van der Waals surface area contributed by atoms with E-state index in [-0.39, 0.29) is 10.9 Å². The minimum absolute atomic E-state index is 0.0769. The summed E-state index contributed by atoms with van der Waals surface area (Å²) in [6.07, 6.45) is 3.18. The Kier molecular flexibility index (Phi) is 11.1. The van der Waals surface area contributed by atoms with Gasteiger partial charge in [0.2, 0.25) is 5.91 Å². The van der Waals surface area contributed by atoms with Gasteiger partial charge in [0, 0.05) is 55.9 Å². The molecule has 0 atom stereocenters. The van der Waals surface area contributed by atoms with Crippen LogP contribution < -0.4 is 10.2 Å². The summed E-state index contributed by atoms with van der Waals surface area (Å²) < 4.78 is 6.44. The zero-order valence-electron chi connectivity index (χ0n) is 26.5. The van der Waals surface area contributed by atoms with Gasteiger partial charge in [-0.05, 0) is 94.4 Å². The molecule has 1 aromatic heterocycles. The van der Waals surface area contributed by atoms with E-state index in [0.29, 0.717) is 12.6 Å². The van der Waals surface area contributed by atoms with Crippen molar-refractivity contribution < 1.29 is 9.22 Å². The van der Waals surface area contributed by atoms with Crippen LogP contribution in [0.15, 0.2) is 36.4 Å². The molecule has 4 rings (SSSR count). The predicted octanol–water partition coefficient (Wildman–Crippen LogP) is 5.91. The molecule has 0 spiro atoms. The maximum Gasteiger partial charge on any atom is 0.239 e. The number of anilines is 2. The SMILES string of the molecule is CN1CCC(N(CCCO[Si](C)(C)C(C)(C)C)CC(=O)Nc2ccc(-c3ccc(N4CCN(C)CC4)cc3)s2)CC1. The van der Waals surface area contributed by atoms with Gasteiger partial charge in [-0.15, -0.1) is 11.3 Å². The number of hydrogen-bond donors (Lipinski definition) is 1. The Morgan fingerprint density at radius 2 is 1.61 bits per heavy atom. The van der Waals surface area contributed by atoms with Crippen LogP contribution in [0.3, 0.4) is 0 Å². The third-order valence-corrected chi connectivity index (χ3v) is 14.9. The average Bonchev–Trinajstić information content (AvgIpc) is 3.39. The van der Waals surface area contributed by atoms with Crippen molar-refractivity contribution in [1.29, 1.82) is 0 Å². The molecular weight excluding hydrogens is 547 g/mol. The molecule has 0 bridgehead atoms. The van der Waals surface area contributed by atoms with E-state index < -0.39 is 8.32 Å². The molecule has 0 radical (unpaired) electrons. The molecular formula is C32H53N5O2SSi. The minimum Gasteiger partial charge on any atom is -0.417 e. The molecule has 2 aliphatic rings. The van der Waals surface area contributed by atoms with E-state index in [1.807, 2.05) is 6.07 Å². The highest BCUT2D eigenvalue weighted by Gasteiger charge is 2.37. The molecule has 228 valence electrons. The highest BCUT2D eigenvalue weighted by molar-refractivity contribution is 7.19. The number of nitrogens with one attached hydrogen (secondary N) is 1. The Bertz CT molecular complexity index is 1100. The Labute approximate surface area is 254 Å². The van der Waals surface area contributed by atoms with Crippen LogP contribution in [0.4, 0.5) is 10.7 Å². The van der Waals surface area contributed by atoms with E-state index in [9.17, 15) is 4.79 Å². The van der Waals surface area contributed by atoms with E-state index in [1.165, 1.54) is 16.1 Å². The molecule has 3 heterocycles. The van der Waals surface area contributed by atoms with Gasteiger partial charge in [-0.2, -0.15) is 0 Å². The zero-order chi connectivity index (χ0) is 29.6. The van der Waals surface area contributed by atoms with Gasteiger partial charge in [0.05, 0.1) is 11.5 Å². The van der Waals surface area contributed by atoms with Gasteiger partial charge in [0.15, 0.2) is 8.32 Å². The van der Waals surface area contributed by atoms with Gasteiger partial charge < -0.3 is 24.4 Å². The maximum absolute atomic E-state index is 13.3. The van der Waals surface area contributed by atoms with Crippen LogP contribution >= 0.6 is 11.3 Å². The van der Waals surface area contributed by atoms with Crippen LogP contribution in [0.2, 0.25) is 18.1 Å². The number of amides is 1. The fourth-order valence-electron chi connectivity index (χ4n) is 5.39. The number of piperidine rings is 1. The van der Waals surface area contributed by atoms with E-state index >= 15 is 0 Å². The standard InChI is InChI=1S/C32H53N5O2SSi/c1-32(2,3)41(6,7)39-24-8-17-37(28-15-18-34(4)19-16-28)25-30(38)33-31-14-13-29(40-31)26-9-11-27(12-10-26)36-22-20-35(5)21-23-36/h9-14,28H,8,15-25H2,1-7H3,(H,33,38). The number of piperazine rings is 1. The number of likely N-dealkylation sites (tertiary alicyclic amines) is 1. The summed E-state index contributed by atoms with van der Waals surface area (Å²) in [5.41, 5.74) is 2.48. The van der Waals surface area contributed by atoms with Gasteiger partial charge in [-0.3, -0.25) is 9.69 Å². The molecule has 41 heavy (non-hydrogen) atoms. The fourth-order valence-corrected chi connectivity index (χ4v) is 7.40. The van der Waals surface area contributed by atoms with Gasteiger partial charge >= 0.3 is 0 Å². The maximum atomic E-state index is 13.3. The third kappa shape index (κ3) is 9.12. The lowest BCUT2D eigenvalue weighted by atomic mass is 10.0. The lowest BCUT2D eigenvalue weighted by Crippen LogP contribution is -2.47. The molecule has 2 saturated heterocycles. The topological polar surface area (TPSA) is 51.3 Å². The van der Waals surface area contributed by atoms with Crippen molar-refractivity contribution in [2.45, 2.75) is 64.2 Å². The fraction of sp³-hybridized carbons (Fsp3) is 0.656. The first-order chi connectivity index (χ1) is 19.4. The smallest absolute Gasteiger partial charge is 0.239 e. The number of thiophene rings is 1. The van der Waals surface area contributed by atoms with Gasteiger partial charge in [-0.25, -0.2) is 0 Å². The van der Waals surface area contributed by atoms with Crippen molar-refractivity contribution in [3.05, 3.63) is 36.4 Å². The molecule has 1 N–H and O–H groups in total. The van der Waals surface area contributed by atoms with E-state index in [0.717, 1.165) is 76.7 Å². The van der Waals surface area contributed by atoms with Crippen molar-refractivity contribution in [3.8, 4) is 10.4 Å².